The number of guanidine groups is 1. The van der Waals surface area contributed by atoms with E-state index in [1.165, 1.54) is 19.5 Å². The van der Waals surface area contributed by atoms with E-state index < -0.39 is 0 Å². The number of rotatable bonds is 5. The van der Waals surface area contributed by atoms with Crippen molar-refractivity contribution in [2.24, 2.45) is 10.9 Å². The quantitative estimate of drug-likeness (QED) is 0.635. The van der Waals surface area contributed by atoms with E-state index in [0.717, 1.165) is 36.1 Å². The Hall–Kier alpha value is -1.95. The first-order valence-corrected chi connectivity index (χ1v) is 8.34. The zero-order chi connectivity index (χ0) is 16.1. The van der Waals surface area contributed by atoms with Gasteiger partial charge in [0.25, 0.3) is 0 Å². The van der Waals surface area contributed by atoms with Gasteiger partial charge in [0.05, 0.1) is 0 Å². The maximum Gasteiger partial charge on any atom is 0.231 e. The van der Waals surface area contributed by atoms with Gasteiger partial charge in [0.15, 0.2) is 17.5 Å². The molecule has 2 aliphatic heterocycles. The lowest BCUT2D eigenvalue weighted by Gasteiger charge is -2.16. The van der Waals surface area contributed by atoms with Gasteiger partial charge in [-0.05, 0) is 43.1 Å². The molecule has 0 amide bonds. The molecule has 23 heavy (non-hydrogen) atoms. The van der Waals surface area contributed by atoms with Crippen LogP contribution >= 0.6 is 0 Å². The zero-order valence-corrected chi connectivity index (χ0v) is 14.0. The van der Waals surface area contributed by atoms with Gasteiger partial charge in [-0.15, -0.1) is 0 Å². The van der Waals surface area contributed by atoms with Crippen LogP contribution in [0.15, 0.2) is 23.2 Å². The summed E-state index contributed by atoms with van der Waals surface area (Å²) >= 11 is 0. The van der Waals surface area contributed by atoms with Crippen LogP contribution in [0.5, 0.6) is 11.5 Å². The fourth-order valence-electron chi connectivity index (χ4n) is 3.07. The number of hydrogen-bond acceptors (Lipinski definition) is 4. The molecule has 2 heterocycles. The number of hydrogen-bond donors (Lipinski definition) is 2. The summed E-state index contributed by atoms with van der Waals surface area (Å²) in [5, 5.41) is 6.79. The molecule has 2 aliphatic rings. The third-order valence-corrected chi connectivity index (χ3v) is 4.50. The Bertz CT molecular complexity index is 562. The molecule has 1 aromatic rings. The molecular formula is C17H26N4O2. The van der Waals surface area contributed by atoms with Gasteiger partial charge in [-0.1, -0.05) is 13.0 Å². The summed E-state index contributed by atoms with van der Waals surface area (Å²) in [5.74, 6) is 3.19. The highest BCUT2D eigenvalue weighted by Crippen LogP contribution is 2.32. The van der Waals surface area contributed by atoms with Gasteiger partial charge in [-0.3, -0.25) is 4.99 Å². The standard InChI is InChI=1S/C17H26N4O2/c1-3-21-7-6-14(11-21)10-20-17(18-2)19-9-13-4-5-15-16(8-13)23-12-22-15/h4-5,8,14H,3,6-7,9-12H2,1-2H3,(H2,18,19,20). The average Bonchev–Trinajstić information content (AvgIpc) is 3.23. The monoisotopic (exact) mass is 318 g/mol. The number of benzene rings is 1. The number of likely N-dealkylation sites (tertiary alicyclic amines) is 1. The van der Waals surface area contributed by atoms with Gasteiger partial charge in [0.2, 0.25) is 6.79 Å². The smallest absolute Gasteiger partial charge is 0.231 e. The van der Waals surface area contributed by atoms with Crippen LogP contribution in [0, 0.1) is 5.92 Å². The molecule has 1 aromatic carbocycles. The number of nitrogens with zero attached hydrogens (tertiary/aromatic N) is 2. The molecule has 1 saturated heterocycles. The minimum Gasteiger partial charge on any atom is -0.454 e. The van der Waals surface area contributed by atoms with E-state index in [2.05, 4.69) is 27.4 Å². The maximum atomic E-state index is 5.41. The molecule has 0 aromatic heterocycles. The third kappa shape index (κ3) is 4.07. The Morgan fingerprint density at radius 2 is 2.17 bits per heavy atom. The van der Waals surface area contributed by atoms with E-state index in [1.54, 1.807) is 0 Å². The molecule has 0 spiro atoms. The molecule has 0 radical (unpaired) electrons. The van der Waals surface area contributed by atoms with Crippen LogP contribution in [-0.4, -0.2) is 50.9 Å². The summed E-state index contributed by atoms with van der Waals surface area (Å²) in [6, 6.07) is 6.01. The maximum absolute atomic E-state index is 5.41. The molecular weight excluding hydrogens is 292 g/mol. The first-order chi connectivity index (χ1) is 11.3. The Balaban J connectivity index is 1.45. The molecule has 3 rings (SSSR count). The van der Waals surface area contributed by atoms with E-state index in [4.69, 9.17) is 9.47 Å². The second-order valence-electron chi connectivity index (χ2n) is 6.04. The van der Waals surface area contributed by atoms with Crippen molar-refractivity contribution in [3.63, 3.8) is 0 Å². The number of fused-ring (bicyclic) bond motifs is 1. The second kappa shape index (κ2) is 7.55. The second-order valence-corrected chi connectivity index (χ2v) is 6.04. The van der Waals surface area contributed by atoms with Crippen LogP contribution in [0.3, 0.4) is 0 Å². The van der Waals surface area contributed by atoms with Crippen molar-refractivity contribution < 1.29 is 9.47 Å². The van der Waals surface area contributed by atoms with Crippen LogP contribution < -0.4 is 20.1 Å². The van der Waals surface area contributed by atoms with Gasteiger partial charge in [0, 0.05) is 26.7 Å². The molecule has 0 bridgehead atoms. The molecule has 1 unspecified atom stereocenters. The van der Waals surface area contributed by atoms with Crippen molar-refractivity contribution in [1.82, 2.24) is 15.5 Å². The summed E-state index contributed by atoms with van der Waals surface area (Å²) < 4.78 is 10.7. The van der Waals surface area contributed by atoms with Gasteiger partial charge >= 0.3 is 0 Å². The van der Waals surface area contributed by atoms with Crippen molar-refractivity contribution in [3.05, 3.63) is 23.8 Å². The molecule has 126 valence electrons. The van der Waals surface area contributed by atoms with Crippen molar-refractivity contribution in [2.45, 2.75) is 19.9 Å². The van der Waals surface area contributed by atoms with E-state index in [1.807, 2.05) is 25.2 Å². The highest BCUT2D eigenvalue weighted by atomic mass is 16.7. The van der Waals surface area contributed by atoms with Crippen molar-refractivity contribution >= 4 is 5.96 Å². The van der Waals surface area contributed by atoms with Gasteiger partial charge in [-0.2, -0.15) is 0 Å². The lowest BCUT2D eigenvalue weighted by molar-refractivity contribution is 0.174. The van der Waals surface area contributed by atoms with Gasteiger partial charge in [-0.25, -0.2) is 0 Å². The highest BCUT2D eigenvalue weighted by molar-refractivity contribution is 5.79. The fourth-order valence-corrected chi connectivity index (χ4v) is 3.07. The van der Waals surface area contributed by atoms with Crippen LogP contribution in [0.2, 0.25) is 0 Å². The summed E-state index contributed by atoms with van der Waals surface area (Å²) in [5.41, 5.74) is 1.15. The van der Waals surface area contributed by atoms with Crippen LogP contribution in [-0.2, 0) is 6.54 Å². The van der Waals surface area contributed by atoms with Gasteiger partial charge < -0.3 is 25.0 Å². The van der Waals surface area contributed by atoms with Crippen LogP contribution in [0.1, 0.15) is 18.9 Å². The molecule has 6 heteroatoms. The normalized spacial score (nSPS) is 20.8. The number of ether oxygens (including phenoxy) is 2. The van der Waals surface area contributed by atoms with Crippen molar-refractivity contribution in [3.8, 4) is 11.5 Å². The van der Waals surface area contributed by atoms with Crippen molar-refractivity contribution in [1.29, 1.82) is 0 Å². The average molecular weight is 318 g/mol. The SMILES string of the molecule is CCN1CCC(CNC(=NC)NCc2ccc3c(c2)OCO3)C1. The molecule has 0 saturated carbocycles. The summed E-state index contributed by atoms with van der Waals surface area (Å²) in [7, 11) is 1.81. The molecule has 1 fully saturated rings. The summed E-state index contributed by atoms with van der Waals surface area (Å²) in [6.07, 6.45) is 1.26. The van der Waals surface area contributed by atoms with Crippen LogP contribution in [0.4, 0.5) is 0 Å². The lowest BCUT2D eigenvalue weighted by Crippen LogP contribution is -2.39. The molecule has 2 N–H and O–H groups in total. The Labute approximate surface area is 137 Å². The Morgan fingerprint density at radius 3 is 2.96 bits per heavy atom. The number of aliphatic imine (C=N–C) groups is 1. The Morgan fingerprint density at radius 1 is 1.30 bits per heavy atom. The minimum absolute atomic E-state index is 0.311. The topological polar surface area (TPSA) is 58.1 Å². The summed E-state index contributed by atoms with van der Waals surface area (Å²) in [6.45, 7) is 7.76. The minimum atomic E-state index is 0.311. The number of nitrogens with one attached hydrogen (secondary N) is 2. The van der Waals surface area contributed by atoms with Gasteiger partial charge in [0.1, 0.15) is 0 Å². The zero-order valence-electron chi connectivity index (χ0n) is 14.0. The van der Waals surface area contributed by atoms with Crippen molar-refractivity contribution in [2.75, 3.05) is 40.0 Å². The molecule has 1 atom stereocenters. The third-order valence-electron chi connectivity index (χ3n) is 4.50. The fraction of sp³-hybridized carbons (Fsp3) is 0.588. The predicted octanol–water partition coefficient (Wildman–Crippen LogP) is 1.42. The first-order valence-electron chi connectivity index (χ1n) is 8.34. The largest absolute Gasteiger partial charge is 0.454 e. The van der Waals surface area contributed by atoms with E-state index in [-0.39, 0.29) is 0 Å². The van der Waals surface area contributed by atoms with Crippen LogP contribution in [0.25, 0.3) is 0 Å². The van der Waals surface area contributed by atoms with E-state index in [0.29, 0.717) is 19.3 Å². The summed E-state index contributed by atoms with van der Waals surface area (Å²) in [4.78, 5) is 6.80. The Kier molecular flexibility index (Phi) is 5.23. The molecule has 0 aliphatic carbocycles. The lowest BCUT2D eigenvalue weighted by atomic mass is 10.1. The highest BCUT2D eigenvalue weighted by Gasteiger charge is 2.21. The first kappa shape index (κ1) is 15.9. The van der Waals surface area contributed by atoms with E-state index in [9.17, 15) is 0 Å². The molecule has 6 nitrogen and oxygen atoms in total. The van der Waals surface area contributed by atoms with E-state index >= 15 is 0 Å². The predicted molar refractivity (Wildman–Crippen MR) is 91.0 cm³/mol.